The Balaban J connectivity index is 2.58. The van der Waals surface area contributed by atoms with Gasteiger partial charge in [0.15, 0.2) is 11.6 Å². The Bertz CT molecular complexity index is 460. The van der Waals surface area contributed by atoms with Crippen molar-refractivity contribution in [3.05, 3.63) is 22.4 Å². The number of halogens is 2. The second kappa shape index (κ2) is 3.73. The van der Waals surface area contributed by atoms with Crippen molar-refractivity contribution in [1.82, 2.24) is 0 Å². The average molecular weight is 288 g/mol. The third-order valence-electron chi connectivity index (χ3n) is 2.29. The van der Waals surface area contributed by atoms with Crippen molar-refractivity contribution in [2.24, 2.45) is 0 Å². The van der Waals surface area contributed by atoms with Gasteiger partial charge in [0.25, 0.3) is 0 Å². The molecule has 0 fully saturated rings. The highest BCUT2D eigenvalue weighted by molar-refractivity contribution is 9.10. The van der Waals surface area contributed by atoms with Gasteiger partial charge in [0, 0.05) is 0 Å². The Labute approximate surface area is 101 Å². The van der Waals surface area contributed by atoms with Gasteiger partial charge in [-0.2, -0.15) is 0 Å². The van der Waals surface area contributed by atoms with Crippen molar-refractivity contribution in [1.29, 1.82) is 0 Å². The number of ether oxygens (including phenoxy) is 1. The summed E-state index contributed by atoms with van der Waals surface area (Å²) in [5.41, 5.74) is -0.545. The molecule has 16 heavy (non-hydrogen) atoms. The van der Waals surface area contributed by atoms with E-state index in [4.69, 9.17) is 4.74 Å². The molecule has 0 unspecified atom stereocenters. The van der Waals surface area contributed by atoms with Crippen LogP contribution in [-0.2, 0) is 4.79 Å². The number of hydrogen-bond acceptors (Lipinski definition) is 2. The van der Waals surface area contributed by atoms with Crippen molar-refractivity contribution in [3.63, 3.8) is 0 Å². The van der Waals surface area contributed by atoms with Crippen LogP contribution in [0.2, 0.25) is 0 Å². The maximum atomic E-state index is 13.5. The molecule has 0 radical (unpaired) electrons. The van der Waals surface area contributed by atoms with Gasteiger partial charge in [0.2, 0.25) is 5.91 Å². The van der Waals surface area contributed by atoms with E-state index in [9.17, 15) is 9.18 Å². The van der Waals surface area contributed by atoms with Crippen LogP contribution in [0.3, 0.4) is 0 Å². The lowest BCUT2D eigenvalue weighted by Crippen LogP contribution is -2.30. The normalized spacial score (nSPS) is 18.1. The molecule has 0 bridgehead atoms. The Morgan fingerprint density at radius 3 is 2.88 bits per heavy atom. The third kappa shape index (κ3) is 2.04. The number of anilines is 1. The lowest BCUT2D eigenvalue weighted by atomic mass is 10.1. The first-order valence-electron chi connectivity index (χ1n) is 4.86. The molecule has 0 saturated carbocycles. The van der Waals surface area contributed by atoms with E-state index in [1.807, 2.05) is 0 Å². The topological polar surface area (TPSA) is 38.3 Å². The van der Waals surface area contributed by atoms with Crippen LogP contribution < -0.4 is 10.1 Å². The Morgan fingerprint density at radius 2 is 2.19 bits per heavy atom. The quantitative estimate of drug-likeness (QED) is 0.796. The fourth-order valence-corrected chi connectivity index (χ4v) is 2.04. The standard InChI is InChI=1S/C11H11BrFNO2/c1-11(2)5-8(15)14-9-7(13)4-3-6(12)10(9)16-11/h3-4H,5H2,1-2H3,(H,14,15). The number of carbonyl (C=O) groups is 1. The molecule has 86 valence electrons. The van der Waals surface area contributed by atoms with E-state index in [1.54, 1.807) is 19.9 Å². The van der Waals surface area contributed by atoms with Crippen LogP contribution in [0, 0.1) is 5.82 Å². The molecule has 5 heteroatoms. The lowest BCUT2D eigenvalue weighted by molar-refractivity contribution is -0.118. The number of nitrogens with one attached hydrogen (secondary N) is 1. The molecule has 1 aliphatic rings. The summed E-state index contributed by atoms with van der Waals surface area (Å²) in [4.78, 5) is 11.6. The summed E-state index contributed by atoms with van der Waals surface area (Å²) < 4.78 is 19.8. The van der Waals surface area contributed by atoms with Crippen molar-refractivity contribution < 1.29 is 13.9 Å². The summed E-state index contributed by atoms with van der Waals surface area (Å²) in [7, 11) is 0. The molecule has 0 spiro atoms. The van der Waals surface area contributed by atoms with Gasteiger partial charge in [-0.15, -0.1) is 0 Å². The van der Waals surface area contributed by atoms with E-state index in [-0.39, 0.29) is 18.0 Å². The van der Waals surface area contributed by atoms with E-state index in [0.717, 1.165) is 0 Å². The molecular weight excluding hydrogens is 277 g/mol. The number of hydrogen-bond donors (Lipinski definition) is 1. The molecule has 0 aliphatic carbocycles. The zero-order chi connectivity index (χ0) is 11.9. The summed E-state index contributed by atoms with van der Waals surface area (Å²) in [6, 6.07) is 2.84. The van der Waals surface area contributed by atoms with Crippen LogP contribution in [-0.4, -0.2) is 11.5 Å². The Kier molecular flexibility index (Phi) is 2.66. The van der Waals surface area contributed by atoms with Crippen LogP contribution in [0.5, 0.6) is 5.75 Å². The van der Waals surface area contributed by atoms with Crippen molar-refractivity contribution in [3.8, 4) is 5.75 Å². The second-order valence-electron chi connectivity index (χ2n) is 4.32. The second-order valence-corrected chi connectivity index (χ2v) is 5.17. The van der Waals surface area contributed by atoms with E-state index in [2.05, 4.69) is 21.2 Å². The molecule has 2 rings (SSSR count). The molecule has 1 aliphatic heterocycles. The Hall–Kier alpha value is -1.10. The minimum Gasteiger partial charge on any atom is -0.484 e. The Morgan fingerprint density at radius 1 is 1.50 bits per heavy atom. The fourth-order valence-electron chi connectivity index (χ4n) is 1.63. The van der Waals surface area contributed by atoms with Gasteiger partial charge in [-0.25, -0.2) is 4.39 Å². The van der Waals surface area contributed by atoms with E-state index in [1.165, 1.54) is 6.07 Å². The van der Waals surface area contributed by atoms with Gasteiger partial charge in [-0.1, -0.05) is 0 Å². The fraction of sp³-hybridized carbons (Fsp3) is 0.364. The molecule has 1 heterocycles. The summed E-state index contributed by atoms with van der Waals surface area (Å²) in [6.07, 6.45) is 0.188. The molecule has 1 aromatic carbocycles. The highest BCUT2D eigenvalue weighted by atomic mass is 79.9. The zero-order valence-electron chi connectivity index (χ0n) is 8.93. The zero-order valence-corrected chi connectivity index (χ0v) is 10.5. The van der Waals surface area contributed by atoms with Crippen LogP contribution in [0.15, 0.2) is 16.6 Å². The maximum absolute atomic E-state index is 13.5. The molecule has 0 aromatic heterocycles. The first-order chi connectivity index (χ1) is 7.39. The van der Waals surface area contributed by atoms with Gasteiger partial charge in [0.05, 0.1) is 10.9 Å². The summed E-state index contributed by atoms with van der Waals surface area (Å²) >= 11 is 3.28. The van der Waals surface area contributed by atoms with Crippen molar-refractivity contribution in [2.75, 3.05) is 5.32 Å². The first-order valence-corrected chi connectivity index (χ1v) is 5.65. The predicted octanol–water partition coefficient (Wildman–Crippen LogP) is 3.09. The SMILES string of the molecule is CC1(C)CC(=O)Nc2c(F)ccc(Br)c2O1. The minimum absolute atomic E-state index is 0.102. The van der Waals surface area contributed by atoms with Crippen molar-refractivity contribution in [2.45, 2.75) is 25.9 Å². The molecule has 0 atom stereocenters. The molecular formula is C11H11BrFNO2. The van der Waals surface area contributed by atoms with Gasteiger partial charge >= 0.3 is 0 Å². The van der Waals surface area contributed by atoms with Gasteiger partial charge < -0.3 is 10.1 Å². The number of amides is 1. The van der Waals surface area contributed by atoms with Gasteiger partial charge in [-0.3, -0.25) is 4.79 Å². The van der Waals surface area contributed by atoms with E-state index >= 15 is 0 Å². The molecule has 3 nitrogen and oxygen atoms in total. The van der Waals surface area contributed by atoms with Gasteiger partial charge in [-0.05, 0) is 41.9 Å². The number of rotatable bonds is 0. The van der Waals surface area contributed by atoms with Crippen LogP contribution in [0.4, 0.5) is 10.1 Å². The van der Waals surface area contributed by atoms with Crippen LogP contribution in [0.1, 0.15) is 20.3 Å². The smallest absolute Gasteiger partial charge is 0.228 e. The van der Waals surface area contributed by atoms with E-state index in [0.29, 0.717) is 10.2 Å². The van der Waals surface area contributed by atoms with E-state index < -0.39 is 11.4 Å². The van der Waals surface area contributed by atoms with Gasteiger partial charge in [0.1, 0.15) is 11.3 Å². The number of carbonyl (C=O) groups excluding carboxylic acids is 1. The largest absolute Gasteiger partial charge is 0.484 e. The highest BCUT2D eigenvalue weighted by Gasteiger charge is 2.31. The minimum atomic E-state index is -0.647. The first kappa shape index (κ1) is 11.4. The monoisotopic (exact) mass is 287 g/mol. The van der Waals surface area contributed by atoms with Crippen LogP contribution in [0.25, 0.3) is 0 Å². The highest BCUT2D eigenvalue weighted by Crippen LogP contribution is 2.40. The van der Waals surface area contributed by atoms with Crippen molar-refractivity contribution >= 4 is 27.5 Å². The molecule has 0 saturated heterocycles. The maximum Gasteiger partial charge on any atom is 0.228 e. The average Bonchev–Trinajstić information content (AvgIpc) is 2.27. The molecule has 1 amide bonds. The number of fused-ring (bicyclic) bond motifs is 1. The molecule has 1 aromatic rings. The summed E-state index contributed by atoms with van der Waals surface area (Å²) in [5, 5.41) is 2.52. The third-order valence-corrected chi connectivity index (χ3v) is 2.91. The lowest BCUT2D eigenvalue weighted by Gasteiger charge is -2.23. The predicted molar refractivity (Wildman–Crippen MR) is 62.1 cm³/mol. The number of benzene rings is 1. The molecule has 1 N–H and O–H groups in total. The van der Waals surface area contributed by atoms with Crippen LogP contribution >= 0.6 is 15.9 Å². The summed E-state index contributed by atoms with van der Waals surface area (Å²) in [6.45, 7) is 3.58. The summed E-state index contributed by atoms with van der Waals surface area (Å²) in [5.74, 6) is -0.402.